The average molecular weight is 660 g/mol. The van der Waals surface area contributed by atoms with Gasteiger partial charge >= 0.3 is 6.09 Å². The number of alkyl carbamates (subject to hydrolysis) is 1. The minimum atomic E-state index is -0.927. The van der Waals surface area contributed by atoms with E-state index in [1.165, 1.54) is 4.90 Å². The molecule has 42 heavy (non-hydrogen) atoms. The van der Waals surface area contributed by atoms with Gasteiger partial charge in [-0.25, -0.2) is 14.8 Å². The predicted molar refractivity (Wildman–Crippen MR) is 165 cm³/mol. The Labute approximate surface area is 258 Å². The second-order valence-corrected chi connectivity index (χ2v) is 12.8. The summed E-state index contributed by atoms with van der Waals surface area (Å²) >= 11 is 9.33. The van der Waals surface area contributed by atoms with E-state index in [2.05, 4.69) is 36.4 Å². The molecule has 0 saturated heterocycles. The number of ether oxygens (including phenoxy) is 1. The fraction of sp³-hybridized carbons (Fsp3) is 0.433. The number of benzene rings is 2. The molecule has 0 spiro atoms. The van der Waals surface area contributed by atoms with Crippen molar-refractivity contribution in [3.8, 4) is 11.4 Å². The van der Waals surface area contributed by atoms with Gasteiger partial charge < -0.3 is 15.8 Å². The van der Waals surface area contributed by atoms with Crippen molar-refractivity contribution in [2.45, 2.75) is 64.5 Å². The maximum Gasteiger partial charge on any atom is 0.407 e. The first-order chi connectivity index (χ1) is 19.9. The SMILES string of the molecule is CC(C)(C)OC(=O)NCC1CCC(C(=O)N(C(=O)[C@@H](N)Cc2cccc(Br)c2)c2ccc(-c3n[nH]c(Cl)n3)cc2)CC1. The summed E-state index contributed by atoms with van der Waals surface area (Å²) < 4.78 is 6.21. The molecule has 10 nitrogen and oxygen atoms in total. The number of carbonyl (C=O) groups excluding carboxylic acids is 3. The third-order valence-corrected chi connectivity index (χ3v) is 7.74. The zero-order valence-electron chi connectivity index (χ0n) is 23.9. The number of rotatable bonds is 8. The van der Waals surface area contributed by atoms with Crippen molar-refractivity contribution >= 4 is 51.1 Å². The van der Waals surface area contributed by atoms with Gasteiger partial charge in [0.25, 0.3) is 5.91 Å². The largest absolute Gasteiger partial charge is 0.444 e. The van der Waals surface area contributed by atoms with Crippen molar-refractivity contribution < 1.29 is 19.1 Å². The van der Waals surface area contributed by atoms with E-state index >= 15 is 0 Å². The summed E-state index contributed by atoms with van der Waals surface area (Å²) in [7, 11) is 0. The van der Waals surface area contributed by atoms with E-state index in [-0.39, 0.29) is 29.4 Å². The van der Waals surface area contributed by atoms with E-state index in [1.807, 2.05) is 45.0 Å². The molecule has 1 saturated carbocycles. The van der Waals surface area contributed by atoms with Gasteiger partial charge in [-0.15, -0.1) is 0 Å². The van der Waals surface area contributed by atoms with Crippen molar-refractivity contribution in [2.24, 2.45) is 17.6 Å². The van der Waals surface area contributed by atoms with Gasteiger partial charge in [0, 0.05) is 22.5 Å². The molecule has 0 radical (unpaired) electrons. The van der Waals surface area contributed by atoms with Crippen molar-refractivity contribution in [1.82, 2.24) is 20.5 Å². The highest BCUT2D eigenvalue weighted by atomic mass is 79.9. The van der Waals surface area contributed by atoms with Gasteiger partial charge in [-0.05, 0) is 112 Å². The van der Waals surface area contributed by atoms with E-state index in [0.29, 0.717) is 36.5 Å². The molecule has 1 heterocycles. The molecule has 1 aliphatic rings. The molecule has 12 heteroatoms. The number of hydrogen-bond acceptors (Lipinski definition) is 7. The van der Waals surface area contributed by atoms with Gasteiger partial charge in [-0.3, -0.25) is 9.59 Å². The Morgan fingerprint density at radius 3 is 2.43 bits per heavy atom. The van der Waals surface area contributed by atoms with Crippen LogP contribution in [0.5, 0.6) is 0 Å². The fourth-order valence-corrected chi connectivity index (χ4v) is 5.57. The summed E-state index contributed by atoms with van der Waals surface area (Å²) in [5.74, 6) is -0.479. The smallest absolute Gasteiger partial charge is 0.407 e. The molecule has 3 amide bonds. The fourth-order valence-electron chi connectivity index (χ4n) is 5.00. The molecule has 2 aromatic carbocycles. The van der Waals surface area contributed by atoms with Crippen LogP contribution in [0.1, 0.15) is 52.0 Å². The summed E-state index contributed by atoms with van der Waals surface area (Å²) in [4.78, 5) is 45.1. The topological polar surface area (TPSA) is 143 Å². The Morgan fingerprint density at radius 2 is 1.83 bits per heavy atom. The van der Waals surface area contributed by atoms with Gasteiger partial charge in [-0.1, -0.05) is 28.1 Å². The first-order valence-electron chi connectivity index (χ1n) is 13.9. The van der Waals surface area contributed by atoms with Gasteiger partial charge in [-0.2, -0.15) is 10.1 Å². The van der Waals surface area contributed by atoms with Crippen LogP contribution in [-0.2, 0) is 20.7 Å². The van der Waals surface area contributed by atoms with Crippen LogP contribution < -0.4 is 16.0 Å². The van der Waals surface area contributed by atoms with Crippen LogP contribution in [0, 0.1) is 11.8 Å². The Bertz CT molecular complexity index is 1400. The van der Waals surface area contributed by atoms with E-state index in [1.54, 1.807) is 24.3 Å². The molecule has 1 aliphatic carbocycles. The van der Waals surface area contributed by atoms with Crippen LogP contribution >= 0.6 is 27.5 Å². The lowest BCUT2D eigenvalue weighted by Crippen LogP contribution is -2.50. The number of imide groups is 1. The summed E-state index contributed by atoms with van der Waals surface area (Å²) in [6.07, 6.45) is 2.49. The number of nitrogens with zero attached hydrogens (tertiary/aromatic N) is 3. The first-order valence-corrected chi connectivity index (χ1v) is 15.1. The van der Waals surface area contributed by atoms with Crippen molar-refractivity contribution in [1.29, 1.82) is 0 Å². The third kappa shape index (κ3) is 8.62. The Balaban J connectivity index is 1.48. The van der Waals surface area contributed by atoms with Crippen LogP contribution in [-0.4, -0.2) is 51.3 Å². The van der Waals surface area contributed by atoms with Crippen LogP contribution in [0.3, 0.4) is 0 Å². The lowest BCUT2D eigenvalue weighted by molar-refractivity contribution is -0.130. The molecule has 4 rings (SSSR count). The number of anilines is 1. The number of carbonyl (C=O) groups is 3. The zero-order chi connectivity index (χ0) is 30.4. The minimum absolute atomic E-state index is 0.163. The average Bonchev–Trinajstić information content (AvgIpc) is 3.38. The predicted octanol–water partition coefficient (Wildman–Crippen LogP) is 5.65. The zero-order valence-corrected chi connectivity index (χ0v) is 26.2. The van der Waals surface area contributed by atoms with Crippen molar-refractivity contribution in [2.75, 3.05) is 11.4 Å². The molecular weight excluding hydrogens is 624 g/mol. The summed E-state index contributed by atoms with van der Waals surface area (Å²) in [5, 5.41) is 9.65. The van der Waals surface area contributed by atoms with Crippen LogP contribution in [0.2, 0.25) is 5.28 Å². The lowest BCUT2D eigenvalue weighted by atomic mass is 9.81. The molecule has 224 valence electrons. The standard InChI is InChI=1S/C30H36BrClN6O4/c1-30(2,3)42-29(41)34-17-18-7-9-21(10-8-18)26(39)38(27(40)24(33)16-19-5-4-6-22(31)15-19)23-13-11-20(12-14-23)25-35-28(32)37-36-25/h4-6,11-15,18,21,24H,7-10,16-17,33H2,1-3H3,(H,34,41)(H,35,36,37)/t18?,21?,24-/m0/s1. The van der Waals surface area contributed by atoms with E-state index in [9.17, 15) is 14.4 Å². The van der Waals surface area contributed by atoms with E-state index in [0.717, 1.165) is 22.9 Å². The Kier molecular flexibility index (Phi) is 10.4. The molecule has 4 N–H and O–H groups in total. The number of nitrogens with two attached hydrogens (primary N) is 1. The highest BCUT2D eigenvalue weighted by Crippen LogP contribution is 2.32. The summed E-state index contributed by atoms with van der Waals surface area (Å²) in [6, 6.07) is 13.5. The van der Waals surface area contributed by atoms with Crippen LogP contribution in [0.25, 0.3) is 11.4 Å². The van der Waals surface area contributed by atoms with Crippen LogP contribution in [0.15, 0.2) is 53.0 Å². The molecule has 1 atom stereocenters. The maximum atomic E-state index is 13.9. The summed E-state index contributed by atoms with van der Waals surface area (Å²) in [5.41, 5.74) is 7.83. The minimum Gasteiger partial charge on any atom is -0.444 e. The lowest BCUT2D eigenvalue weighted by Gasteiger charge is -2.32. The second kappa shape index (κ2) is 13.8. The number of hydrogen-bond donors (Lipinski definition) is 3. The maximum absolute atomic E-state index is 13.9. The first kappa shape index (κ1) is 31.7. The monoisotopic (exact) mass is 658 g/mol. The van der Waals surface area contributed by atoms with E-state index < -0.39 is 23.6 Å². The Morgan fingerprint density at radius 1 is 1.14 bits per heavy atom. The number of amides is 3. The van der Waals surface area contributed by atoms with Crippen molar-refractivity contribution in [3.63, 3.8) is 0 Å². The number of aromatic amines is 1. The third-order valence-electron chi connectivity index (χ3n) is 7.07. The highest BCUT2D eigenvalue weighted by Gasteiger charge is 2.35. The van der Waals surface area contributed by atoms with E-state index in [4.69, 9.17) is 22.1 Å². The molecule has 0 unspecified atom stereocenters. The number of nitrogens with one attached hydrogen (secondary N) is 2. The number of halogens is 2. The van der Waals surface area contributed by atoms with Crippen molar-refractivity contribution in [3.05, 3.63) is 63.9 Å². The Hall–Kier alpha value is -3.28. The van der Waals surface area contributed by atoms with Crippen LogP contribution in [0.4, 0.5) is 10.5 Å². The molecule has 1 fully saturated rings. The molecular formula is C30H36BrClN6O4. The molecule has 1 aromatic heterocycles. The number of H-pyrrole nitrogens is 1. The van der Waals surface area contributed by atoms with Gasteiger partial charge in [0.05, 0.1) is 11.7 Å². The molecule has 0 bridgehead atoms. The second-order valence-electron chi connectivity index (χ2n) is 11.5. The summed E-state index contributed by atoms with van der Waals surface area (Å²) in [6.45, 7) is 5.93. The normalized spacial score (nSPS) is 17.8. The van der Waals surface area contributed by atoms with Gasteiger partial charge in [0.1, 0.15) is 5.60 Å². The number of aromatic nitrogens is 3. The molecule has 0 aliphatic heterocycles. The quantitative estimate of drug-likeness (QED) is 0.284. The molecule has 3 aromatic rings. The van der Waals surface area contributed by atoms with Gasteiger partial charge in [0.15, 0.2) is 5.82 Å². The highest BCUT2D eigenvalue weighted by molar-refractivity contribution is 9.10. The van der Waals surface area contributed by atoms with Gasteiger partial charge in [0.2, 0.25) is 11.2 Å².